The van der Waals surface area contributed by atoms with Gasteiger partial charge in [-0.2, -0.15) is 0 Å². The van der Waals surface area contributed by atoms with Crippen LogP contribution in [0, 0.1) is 11.7 Å². The Labute approximate surface area is 122 Å². The summed E-state index contributed by atoms with van der Waals surface area (Å²) in [5.74, 6) is -0.514. The SMILES string of the molecule is CC(C)(C)c1ccccc1C(=O)OOC#C[Si](C)(C)C. The monoisotopic (exact) mass is 290 g/mol. The first-order chi connectivity index (χ1) is 9.11. The van der Waals surface area contributed by atoms with E-state index in [-0.39, 0.29) is 5.41 Å². The van der Waals surface area contributed by atoms with Crippen LogP contribution in [-0.4, -0.2) is 14.0 Å². The second-order valence-electron chi connectivity index (χ2n) is 6.73. The minimum atomic E-state index is -1.53. The van der Waals surface area contributed by atoms with Crippen molar-refractivity contribution in [3.05, 3.63) is 35.4 Å². The molecule has 1 aromatic carbocycles. The minimum Gasteiger partial charge on any atom is -0.241 e. The molecule has 0 heterocycles. The fourth-order valence-corrected chi connectivity index (χ4v) is 1.94. The van der Waals surface area contributed by atoms with Crippen LogP contribution in [-0.2, 0) is 15.2 Å². The molecule has 0 aliphatic rings. The number of rotatable bonds is 2. The first-order valence-electron chi connectivity index (χ1n) is 6.61. The van der Waals surface area contributed by atoms with E-state index >= 15 is 0 Å². The van der Waals surface area contributed by atoms with Gasteiger partial charge in [0.1, 0.15) is 8.07 Å². The van der Waals surface area contributed by atoms with E-state index in [1.165, 1.54) is 0 Å². The van der Waals surface area contributed by atoms with Crippen molar-refractivity contribution >= 4 is 14.0 Å². The van der Waals surface area contributed by atoms with Crippen LogP contribution in [0.5, 0.6) is 0 Å². The fourth-order valence-electron chi connectivity index (χ4n) is 1.59. The van der Waals surface area contributed by atoms with Gasteiger partial charge in [-0.1, -0.05) is 64.2 Å². The summed E-state index contributed by atoms with van der Waals surface area (Å²) in [6.45, 7) is 12.4. The molecule has 0 radical (unpaired) electrons. The standard InChI is InChI=1S/C16H22O3Si/c1-16(2,3)14-10-8-7-9-13(14)15(17)19-18-11-12-20(4,5)6/h7-10H,1-6H3. The van der Waals surface area contributed by atoms with Crippen LogP contribution in [0.15, 0.2) is 24.3 Å². The Morgan fingerprint density at radius 1 is 1.15 bits per heavy atom. The predicted octanol–water partition coefficient (Wildman–Crippen LogP) is 3.91. The van der Waals surface area contributed by atoms with Crippen molar-refractivity contribution < 1.29 is 14.6 Å². The van der Waals surface area contributed by atoms with E-state index in [2.05, 4.69) is 31.3 Å². The van der Waals surface area contributed by atoms with Gasteiger partial charge >= 0.3 is 5.97 Å². The highest BCUT2D eigenvalue weighted by Crippen LogP contribution is 2.26. The Bertz CT molecular complexity index is 539. The normalized spacial score (nSPS) is 11.3. The maximum absolute atomic E-state index is 12.0. The molecule has 0 saturated carbocycles. The Morgan fingerprint density at radius 3 is 2.30 bits per heavy atom. The van der Waals surface area contributed by atoms with Gasteiger partial charge in [-0.25, -0.2) is 14.6 Å². The zero-order valence-corrected chi connectivity index (χ0v) is 14.0. The van der Waals surface area contributed by atoms with Crippen molar-refractivity contribution in [3.63, 3.8) is 0 Å². The largest absolute Gasteiger partial charge is 0.387 e. The van der Waals surface area contributed by atoms with E-state index in [4.69, 9.17) is 9.78 Å². The van der Waals surface area contributed by atoms with Gasteiger partial charge in [0, 0.05) is 0 Å². The number of hydrogen-bond acceptors (Lipinski definition) is 3. The maximum atomic E-state index is 12.0. The minimum absolute atomic E-state index is 0.139. The molecule has 0 saturated heterocycles. The molecule has 0 aliphatic heterocycles. The summed E-state index contributed by atoms with van der Waals surface area (Å²) in [5, 5.41) is 0. The fraction of sp³-hybridized carbons (Fsp3) is 0.438. The van der Waals surface area contributed by atoms with E-state index < -0.39 is 14.0 Å². The molecule has 0 atom stereocenters. The molecule has 1 rings (SSSR count). The number of benzene rings is 1. The van der Waals surface area contributed by atoms with Crippen LogP contribution in [0.25, 0.3) is 0 Å². The highest BCUT2D eigenvalue weighted by atomic mass is 28.3. The summed E-state index contributed by atoms with van der Waals surface area (Å²) in [6, 6.07) is 7.37. The average Bonchev–Trinajstić information content (AvgIpc) is 2.32. The molecule has 0 aliphatic carbocycles. The van der Waals surface area contributed by atoms with Crippen LogP contribution in [0.1, 0.15) is 36.7 Å². The van der Waals surface area contributed by atoms with E-state index in [0.717, 1.165) is 5.56 Å². The van der Waals surface area contributed by atoms with Gasteiger partial charge in [0.2, 0.25) is 0 Å². The van der Waals surface area contributed by atoms with Crippen molar-refractivity contribution in [1.82, 2.24) is 0 Å². The second kappa shape index (κ2) is 6.15. The van der Waals surface area contributed by atoms with Gasteiger partial charge < -0.3 is 0 Å². The van der Waals surface area contributed by atoms with Crippen LogP contribution < -0.4 is 0 Å². The second-order valence-corrected chi connectivity index (χ2v) is 11.5. The van der Waals surface area contributed by atoms with Gasteiger partial charge in [0.15, 0.2) is 6.11 Å². The summed E-state index contributed by atoms with van der Waals surface area (Å²) < 4.78 is 0. The zero-order valence-electron chi connectivity index (χ0n) is 13.0. The lowest BCUT2D eigenvalue weighted by atomic mass is 9.84. The zero-order chi connectivity index (χ0) is 15.4. The van der Waals surface area contributed by atoms with Crippen molar-refractivity contribution in [2.24, 2.45) is 0 Å². The predicted molar refractivity (Wildman–Crippen MR) is 82.8 cm³/mol. The van der Waals surface area contributed by atoms with Gasteiger partial charge in [0.05, 0.1) is 5.56 Å². The van der Waals surface area contributed by atoms with Crippen molar-refractivity contribution in [2.45, 2.75) is 45.8 Å². The van der Waals surface area contributed by atoms with Gasteiger partial charge in [-0.05, 0) is 17.0 Å². The van der Waals surface area contributed by atoms with Crippen LogP contribution in [0.3, 0.4) is 0 Å². The Hall–Kier alpha value is -1.73. The topological polar surface area (TPSA) is 35.5 Å². The molecule has 20 heavy (non-hydrogen) atoms. The van der Waals surface area contributed by atoms with Gasteiger partial charge in [-0.3, -0.25) is 0 Å². The summed E-state index contributed by atoms with van der Waals surface area (Å²) in [4.78, 5) is 21.5. The summed E-state index contributed by atoms with van der Waals surface area (Å²) in [5.41, 5.74) is 4.26. The summed E-state index contributed by atoms with van der Waals surface area (Å²) in [7, 11) is -1.53. The first kappa shape index (κ1) is 16.3. The van der Waals surface area contributed by atoms with Crippen molar-refractivity contribution in [2.75, 3.05) is 0 Å². The third kappa shape index (κ3) is 5.10. The number of carbonyl (C=O) groups is 1. The molecule has 0 unspecified atom stereocenters. The molecule has 108 valence electrons. The third-order valence-corrected chi connectivity index (χ3v) is 3.39. The van der Waals surface area contributed by atoms with Crippen LogP contribution in [0.2, 0.25) is 19.6 Å². The molecule has 0 N–H and O–H groups in total. The summed E-state index contributed by atoms with van der Waals surface area (Å²) >= 11 is 0. The average molecular weight is 290 g/mol. The molecule has 0 amide bonds. The van der Waals surface area contributed by atoms with Crippen LogP contribution >= 0.6 is 0 Å². The number of carbonyl (C=O) groups excluding carboxylic acids is 1. The van der Waals surface area contributed by atoms with Crippen LogP contribution in [0.4, 0.5) is 0 Å². The lowest BCUT2D eigenvalue weighted by Crippen LogP contribution is -2.18. The van der Waals surface area contributed by atoms with Gasteiger partial charge in [-0.15, -0.1) is 0 Å². The smallest absolute Gasteiger partial charge is 0.241 e. The van der Waals surface area contributed by atoms with E-state index in [0.29, 0.717) is 5.56 Å². The lowest BCUT2D eigenvalue weighted by molar-refractivity contribution is -0.178. The van der Waals surface area contributed by atoms with E-state index in [1.807, 2.05) is 32.9 Å². The molecule has 0 aromatic heterocycles. The van der Waals surface area contributed by atoms with Crippen molar-refractivity contribution in [1.29, 1.82) is 0 Å². The lowest BCUT2D eigenvalue weighted by Gasteiger charge is -2.21. The highest BCUT2D eigenvalue weighted by Gasteiger charge is 2.22. The molecular formula is C16H22O3Si. The van der Waals surface area contributed by atoms with Gasteiger partial charge in [0.25, 0.3) is 0 Å². The first-order valence-corrected chi connectivity index (χ1v) is 10.1. The van der Waals surface area contributed by atoms with Crippen molar-refractivity contribution in [3.8, 4) is 11.7 Å². The molecule has 0 spiro atoms. The summed E-state index contributed by atoms with van der Waals surface area (Å²) in [6.07, 6.45) is 2.45. The Kier molecular flexibility index (Phi) is 5.02. The molecule has 3 nitrogen and oxygen atoms in total. The Balaban J connectivity index is 2.81. The highest BCUT2D eigenvalue weighted by molar-refractivity contribution is 6.83. The number of hydrogen-bond donors (Lipinski definition) is 0. The third-order valence-electron chi connectivity index (χ3n) is 2.54. The molecule has 0 bridgehead atoms. The molecule has 1 aromatic rings. The molecule has 0 fully saturated rings. The van der Waals surface area contributed by atoms with E-state index in [1.54, 1.807) is 12.1 Å². The Morgan fingerprint density at radius 2 is 1.75 bits per heavy atom. The quantitative estimate of drug-likeness (QED) is 0.358. The maximum Gasteiger partial charge on any atom is 0.387 e. The van der Waals surface area contributed by atoms with E-state index in [9.17, 15) is 4.79 Å². The molecule has 4 heteroatoms. The molecular weight excluding hydrogens is 268 g/mol.